The van der Waals surface area contributed by atoms with Crippen molar-refractivity contribution in [2.45, 2.75) is 13.5 Å². The minimum Gasteiger partial charge on any atom is -0.497 e. The number of hydrogen-bond donors (Lipinski definition) is 1. The van der Waals surface area contributed by atoms with E-state index in [0.29, 0.717) is 19.8 Å². The average molecular weight is 273 g/mol. The number of aryl methyl sites for hydroxylation is 1. The van der Waals surface area contributed by atoms with Crippen molar-refractivity contribution in [2.24, 2.45) is 0 Å². The van der Waals surface area contributed by atoms with Gasteiger partial charge in [0.1, 0.15) is 17.9 Å². The van der Waals surface area contributed by atoms with E-state index in [1.54, 1.807) is 13.4 Å². The lowest BCUT2D eigenvalue weighted by Crippen LogP contribution is -2.10. The Bertz CT molecular complexity index is 529. The van der Waals surface area contributed by atoms with Gasteiger partial charge in [0.25, 0.3) is 0 Å². The lowest BCUT2D eigenvalue weighted by atomic mass is 10.2. The van der Waals surface area contributed by atoms with Gasteiger partial charge in [0.15, 0.2) is 0 Å². The number of methoxy groups -OCH3 is 1. The van der Waals surface area contributed by atoms with E-state index in [0.717, 1.165) is 22.8 Å². The predicted octanol–water partition coefficient (Wildman–Crippen LogP) is 2.42. The average Bonchev–Trinajstić information content (AvgIpc) is 2.48. The molecule has 2 rings (SSSR count). The number of anilines is 1. The first-order valence-electron chi connectivity index (χ1n) is 6.51. The van der Waals surface area contributed by atoms with E-state index in [-0.39, 0.29) is 0 Å². The number of benzene rings is 1. The molecule has 1 N–H and O–H groups in total. The summed E-state index contributed by atoms with van der Waals surface area (Å²) >= 11 is 0. The van der Waals surface area contributed by atoms with E-state index >= 15 is 0 Å². The molecule has 0 saturated heterocycles. The molecule has 0 bridgehead atoms. The Morgan fingerprint density at radius 1 is 1.15 bits per heavy atom. The quantitative estimate of drug-likeness (QED) is 0.785. The fraction of sp³-hybridized carbons (Fsp3) is 0.333. The molecule has 5 heteroatoms. The van der Waals surface area contributed by atoms with E-state index in [1.807, 2.05) is 37.3 Å². The van der Waals surface area contributed by atoms with Gasteiger partial charge in [-0.25, -0.2) is 9.97 Å². The summed E-state index contributed by atoms with van der Waals surface area (Å²) in [6.07, 6.45) is 1.55. The van der Waals surface area contributed by atoms with Crippen LogP contribution in [0.4, 0.5) is 5.82 Å². The highest BCUT2D eigenvalue weighted by atomic mass is 16.5. The Morgan fingerprint density at radius 3 is 2.65 bits per heavy atom. The smallest absolute Gasteiger partial charge is 0.129 e. The van der Waals surface area contributed by atoms with Crippen molar-refractivity contribution in [1.82, 2.24) is 9.97 Å². The molecule has 0 fully saturated rings. The number of ether oxygens (including phenoxy) is 2. The first-order chi connectivity index (χ1) is 9.78. The highest BCUT2D eigenvalue weighted by Crippen LogP contribution is 2.11. The molecule has 0 amide bonds. The van der Waals surface area contributed by atoms with Gasteiger partial charge in [-0.2, -0.15) is 0 Å². The van der Waals surface area contributed by atoms with Crippen molar-refractivity contribution in [3.63, 3.8) is 0 Å². The van der Waals surface area contributed by atoms with Crippen molar-refractivity contribution < 1.29 is 9.47 Å². The van der Waals surface area contributed by atoms with Crippen LogP contribution in [0.2, 0.25) is 0 Å². The Morgan fingerprint density at radius 2 is 1.95 bits per heavy atom. The normalized spacial score (nSPS) is 10.3. The van der Waals surface area contributed by atoms with Crippen LogP contribution in [0, 0.1) is 6.92 Å². The van der Waals surface area contributed by atoms with Crippen LogP contribution in [0.5, 0.6) is 5.75 Å². The van der Waals surface area contributed by atoms with E-state index < -0.39 is 0 Å². The molecule has 0 unspecified atom stereocenters. The van der Waals surface area contributed by atoms with Crippen molar-refractivity contribution in [2.75, 3.05) is 25.6 Å². The molecule has 1 heterocycles. The second-order valence-corrected chi connectivity index (χ2v) is 4.37. The van der Waals surface area contributed by atoms with Gasteiger partial charge in [0.2, 0.25) is 0 Å². The van der Waals surface area contributed by atoms with Crippen LogP contribution in [-0.4, -0.2) is 30.2 Å². The summed E-state index contributed by atoms with van der Waals surface area (Å²) in [6.45, 7) is 3.86. The van der Waals surface area contributed by atoms with Crippen LogP contribution in [-0.2, 0) is 11.3 Å². The molecule has 0 atom stereocenters. The second kappa shape index (κ2) is 7.45. The van der Waals surface area contributed by atoms with Gasteiger partial charge in [-0.15, -0.1) is 0 Å². The summed E-state index contributed by atoms with van der Waals surface area (Å²) in [5.41, 5.74) is 2.07. The zero-order valence-corrected chi connectivity index (χ0v) is 11.8. The van der Waals surface area contributed by atoms with E-state index in [4.69, 9.17) is 9.47 Å². The number of nitrogens with one attached hydrogen (secondary N) is 1. The van der Waals surface area contributed by atoms with Crippen molar-refractivity contribution in [3.05, 3.63) is 47.9 Å². The maximum absolute atomic E-state index is 5.60. The van der Waals surface area contributed by atoms with Crippen LogP contribution in [0.25, 0.3) is 0 Å². The van der Waals surface area contributed by atoms with E-state index in [1.165, 1.54) is 0 Å². The molecular formula is C15H19N3O2. The number of aromatic nitrogens is 2. The van der Waals surface area contributed by atoms with Gasteiger partial charge >= 0.3 is 0 Å². The largest absolute Gasteiger partial charge is 0.497 e. The van der Waals surface area contributed by atoms with Crippen LogP contribution >= 0.6 is 0 Å². The number of rotatable bonds is 7. The SMILES string of the molecule is COc1ccc(COCCNc2cc(C)ncn2)cc1. The molecule has 0 aliphatic rings. The topological polar surface area (TPSA) is 56.3 Å². The minimum atomic E-state index is 0.592. The summed E-state index contributed by atoms with van der Waals surface area (Å²) in [6, 6.07) is 9.77. The molecule has 0 aliphatic heterocycles. The summed E-state index contributed by atoms with van der Waals surface area (Å²) in [5.74, 6) is 1.68. The van der Waals surface area contributed by atoms with Crippen LogP contribution in [0.3, 0.4) is 0 Å². The van der Waals surface area contributed by atoms with Crippen LogP contribution in [0.1, 0.15) is 11.3 Å². The lowest BCUT2D eigenvalue weighted by Gasteiger charge is -2.07. The van der Waals surface area contributed by atoms with Gasteiger partial charge < -0.3 is 14.8 Å². The predicted molar refractivity (Wildman–Crippen MR) is 77.9 cm³/mol. The van der Waals surface area contributed by atoms with Gasteiger partial charge in [-0.3, -0.25) is 0 Å². The standard InChI is InChI=1S/C15H19N3O2/c1-12-9-15(18-11-17-12)16-7-8-20-10-13-3-5-14(19-2)6-4-13/h3-6,9,11H,7-8,10H2,1-2H3,(H,16,17,18). The Balaban J connectivity index is 1.66. The van der Waals surface area contributed by atoms with E-state index in [9.17, 15) is 0 Å². The molecule has 2 aromatic rings. The molecule has 1 aromatic carbocycles. The third kappa shape index (κ3) is 4.51. The Labute approximate surface area is 119 Å². The second-order valence-electron chi connectivity index (χ2n) is 4.37. The lowest BCUT2D eigenvalue weighted by molar-refractivity contribution is 0.130. The Hall–Kier alpha value is -2.14. The molecule has 20 heavy (non-hydrogen) atoms. The molecule has 0 aliphatic carbocycles. The molecule has 1 aromatic heterocycles. The van der Waals surface area contributed by atoms with Crippen LogP contribution < -0.4 is 10.1 Å². The van der Waals surface area contributed by atoms with Gasteiger partial charge in [0.05, 0.1) is 20.3 Å². The molecule has 0 spiro atoms. The maximum Gasteiger partial charge on any atom is 0.129 e. The van der Waals surface area contributed by atoms with Gasteiger partial charge in [-0.1, -0.05) is 12.1 Å². The summed E-state index contributed by atoms with van der Waals surface area (Å²) < 4.78 is 10.7. The fourth-order valence-electron chi connectivity index (χ4n) is 1.71. The highest BCUT2D eigenvalue weighted by Gasteiger charge is 1.96. The first kappa shape index (κ1) is 14.3. The van der Waals surface area contributed by atoms with Crippen molar-refractivity contribution in [1.29, 1.82) is 0 Å². The fourth-order valence-corrected chi connectivity index (χ4v) is 1.71. The van der Waals surface area contributed by atoms with Gasteiger partial charge in [0, 0.05) is 18.3 Å². The summed E-state index contributed by atoms with van der Waals surface area (Å²) in [7, 11) is 1.66. The monoisotopic (exact) mass is 273 g/mol. The molecule has 106 valence electrons. The molecule has 0 saturated carbocycles. The molecule has 0 radical (unpaired) electrons. The zero-order valence-electron chi connectivity index (χ0n) is 11.8. The van der Waals surface area contributed by atoms with Crippen LogP contribution in [0.15, 0.2) is 36.7 Å². The number of hydrogen-bond acceptors (Lipinski definition) is 5. The maximum atomic E-state index is 5.60. The summed E-state index contributed by atoms with van der Waals surface area (Å²) in [4.78, 5) is 8.17. The third-order valence-corrected chi connectivity index (χ3v) is 2.78. The van der Waals surface area contributed by atoms with Crippen molar-refractivity contribution >= 4 is 5.82 Å². The molecule has 5 nitrogen and oxygen atoms in total. The summed E-state index contributed by atoms with van der Waals surface area (Å²) in [5, 5.41) is 3.19. The van der Waals surface area contributed by atoms with Crippen molar-refractivity contribution in [3.8, 4) is 5.75 Å². The van der Waals surface area contributed by atoms with E-state index in [2.05, 4.69) is 15.3 Å². The minimum absolute atomic E-state index is 0.592. The Kier molecular flexibility index (Phi) is 5.32. The zero-order chi connectivity index (χ0) is 14.2. The number of nitrogens with zero attached hydrogens (tertiary/aromatic N) is 2. The van der Waals surface area contributed by atoms with Gasteiger partial charge in [-0.05, 0) is 24.6 Å². The first-order valence-corrected chi connectivity index (χ1v) is 6.51. The third-order valence-electron chi connectivity index (χ3n) is 2.78. The highest BCUT2D eigenvalue weighted by molar-refractivity contribution is 5.34. The molecular weight excluding hydrogens is 254 g/mol.